The van der Waals surface area contributed by atoms with Crippen molar-refractivity contribution in [2.24, 2.45) is 5.73 Å². The van der Waals surface area contributed by atoms with Crippen molar-refractivity contribution < 1.29 is 9.59 Å². The highest BCUT2D eigenvalue weighted by molar-refractivity contribution is 5.96. The number of carbonyl (C=O) groups excluding carboxylic acids is 2. The molecule has 0 aromatic heterocycles. The molecular weight excluding hydrogens is 230 g/mol. The first-order chi connectivity index (χ1) is 8.69. The van der Waals surface area contributed by atoms with Gasteiger partial charge >= 0.3 is 0 Å². The van der Waals surface area contributed by atoms with Crippen LogP contribution in [0.4, 0.5) is 0 Å². The average Bonchev–Trinajstić information content (AvgIpc) is 3.20. The number of hydrogen-bond donors (Lipinski definition) is 3. The largest absolute Gasteiger partial charge is 0.352 e. The molecule has 1 aliphatic rings. The third-order valence-electron chi connectivity index (χ3n) is 2.78. The van der Waals surface area contributed by atoms with Gasteiger partial charge < -0.3 is 16.4 Å². The molecule has 96 valence electrons. The van der Waals surface area contributed by atoms with Crippen LogP contribution < -0.4 is 16.4 Å². The third-order valence-corrected chi connectivity index (χ3v) is 2.78. The Hall–Kier alpha value is -1.88. The van der Waals surface area contributed by atoms with Crippen LogP contribution in [0, 0.1) is 0 Å². The van der Waals surface area contributed by atoms with Gasteiger partial charge in [-0.3, -0.25) is 9.59 Å². The molecule has 0 saturated heterocycles. The van der Waals surface area contributed by atoms with E-state index in [0.717, 1.165) is 18.4 Å². The molecule has 1 aliphatic carbocycles. The van der Waals surface area contributed by atoms with Gasteiger partial charge in [-0.1, -0.05) is 12.1 Å². The zero-order valence-electron chi connectivity index (χ0n) is 10.1. The fourth-order valence-electron chi connectivity index (χ4n) is 1.61. The zero-order valence-corrected chi connectivity index (χ0v) is 10.1. The molecule has 5 heteroatoms. The van der Waals surface area contributed by atoms with Crippen LogP contribution in [0.2, 0.25) is 0 Å². The summed E-state index contributed by atoms with van der Waals surface area (Å²) in [6.07, 6.45) is 2.08. The molecule has 1 aromatic rings. The molecule has 0 aliphatic heterocycles. The van der Waals surface area contributed by atoms with Crippen LogP contribution in [0.15, 0.2) is 24.3 Å². The minimum atomic E-state index is -0.253. The van der Waals surface area contributed by atoms with Crippen LogP contribution in [-0.4, -0.2) is 24.4 Å². The first-order valence-electron chi connectivity index (χ1n) is 6.05. The lowest BCUT2D eigenvalue weighted by atomic mass is 10.1. The monoisotopic (exact) mass is 247 g/mol. The van der Waals surface area contributed by atoms with Crippen LogP contribution in [0.1, 0.15) is 28.8 Å². The Morgan fingerprint density at radius 1 is 1.33 bits per heavy atom. The maximum Gasteiger partial charge on any atom is 0.251 e. The summed E-state index contributed by atoms with van der Waals surface area (Å²) < 4.78 is 0. The van der Waals surface area contributed by atoms with Gasteiger partial charge in [0.05, 0.1) is 6.54 Å². The van der Waals surface area contributed by atoms with Crippen molar-refractivity contribution in [2.45, 2.75) is 25.4 Å². The van der Waals surface area contributed by atoms with E-state index in [4.69, 9.17) is 5.73 Å². The Kier molecular flexibility index (Phi) is 3.94. The second kappa shape index (κ2) is 5.64. The van der Waals surface area contributed by atoms with Crippen LogP contribution >= 0.6 is 0 Å². The first kappa shape index (κ1) is 12.6. The first-order valence-corrected chi connectivity index (χ1v) is 6.05. The molecule has 2 rings (SSSR count). The van der Waals surface area contributed by atoms with Gasteiger partial charge in [0.1, 0.15) is 0 Å². The topological polar surface area (TPSA) is 84.2 Å². The fourth-order valence-corrected chi connectivity index (χ4v) is 1.61. The van der Waals surface area contributed by atoms with Crippen molar-refractivity contribution in [3.8, 4) is 0 Å². The summed E-state index contributed by atoms with van der Waals surface area (Å²) in [6, 6.07) is 7.38. The smallest absolute Gasteiger partial charge is 0.251 e. The minimum Gasteiger partial charge on any atom is -0.352 e. The van der Waals surface area contributed by atoms with Crippen molar-refractivity contribution in [1.82, 2.24) is 10.6 Å². The van der Waals surface area contributed by atoms with Crippen LogP contribution in [0.25, 0.3) is 0 Å². The number of nitrogens with one attached hydrogen (secondary N) is 2. The number of amides is 2. The summed E-state index contributed by atoms with van der Waals surface area (Å²) in [5.41, 5.74) is 6.93. The van der Waals surface area contributed by atoms with Gasteiger partial charge in [0.2, 0.25) is 5.91 Å². The van der Waals surface area contributed by atoms with E-state index in [1.807, 2.05) is 6.07 Å². The molecule has 1 aromatic carbocycles. The summed E-state index contributed by atoms with van der Waals surface area (Å²) in [5.74, 6) is -0.392. The van der Waals surface area contributed by atoms with Gasteiger partial charge in [-0.2, -0.15) is 0 Å². The molecular formula is C13H17N3O2. The molecule has 2 amide bonds. The lowest BCUT2D eigenvalue weighted by Gasteiger charge is -2.06. The Labute approximate surface area is 106 Å². The third kappa shape index (κ3) is 3.56. The van der Waals surface area contributed by atoms with E-state index in [2.05, 4.69) is 10.6 Å². The standard InChI is InChI=1S/C13H17N3O2/c14-7-9-2-1-3-10(6-9)13(18)15-8-12(17)16-11-4-5-11/h1-3,6,11H,4-5,7-8,14H2,(H,15,18)(H,16,17). The second-order valence-corrected chi connectivity index (χ2v) is 4.43. The lowest BCUT2D eigenvalue weighted by molar-refractivity contribution is -0.120. The summed E-state index contributed by atoms with van der Waals surface area (Å²) in [5, 5.41) is 5.40. The average molecular weight is 247 g/mol. The van der Waals surface area contributed by atoms with E-state index >= 15 is 0 Å². The molecule has 1 fully saturated rings. The molecule has 0 heterocycles. The van der Waals surface area contributed by atoms with E-state index in [1.54, 1.807) is 18.2 Å². The van der Waals surface area contributed by atoms with Gasteiger partial charge in [-0.05, 0) is 30.5 Å². The molecule has 0 bridgehead atoms. The van der Waals surface area contributed by atoms with Gasteiger partial charge in [-0.15, -0.1) is 0 Å². The lowest BCUT2D eigenvalue weighted by Crippen LogP contribution is -2.37. The summed E-state index contributed by atoms with van der Waals surface area (Å²) in [7, 11) is 0. The highest BCUT2D eigenvalue weighted by atomic mass is 16.2. The van der Waals surface area contributed by atoms with Crippen molar-refractivity contribution in [3.63, 3.8) is 0 Å². The predicted molar refractivity (Wildman–Crippen MR) is 67.8 cm³/mol. The predicted octanol–water partition coefficient (Wildman–Crippen LogP) is 0.154. The maximum absolute atomic E-state index is 11.8. The highest BCUT2D eigenvalue weighted by Crippen LogP contribution is 2.18. The van der Waals surface area contributed by atoms with Crippen LogP contribution in [-0.2, 0) is 11.3 Å². The molecule has 0 spiro atoms. The highest BCUT2D eigenvalue weighted by Gasteiger charge is 2.23. The quantitative estimate of drug-likeness (QED) is 0.692. The number of nitrogens with two attached hydrogens (primary N) is 1. The van der Waals surface area contributed by atoms with Crippen molar-refractivity contribution in [2.75, 3.05) is 6.54 Å². The Morgan fingerprint density at radius 3 is 2.78 bits per heavy atom. The number of hydrogen-bond acceptors (Lipinski definition) is 3. The zero-order chi connectivity index (χ0) is 13.0. The Balaban J connectivity index is 1.84. The van der Waals surface area contributed by atoms with E-state index < -0.39 is 0 Å². The van der Waals surface area contributed by atoms with Crippen molar-refractivity contribution in [3.05, 3.63) is 35.4 Å². The molecule has 0 atom stereocenters. The summed E-state index contributed by atoms with van der Waals surface area (Å²) in [4.78, 5) is 23.2. The molecule has 0 unspecified atom stereocenters. The van der Waals surface area contributed by atoms with Crippen LogP contribution in [0.5, 0.6) is 0 Å². The van der Waals surface area contributed by atoms with E-state index in [0.29, 0.717) is 18.2 Å². The Morgan fingerprint density at radius 2 is 2.11 bits per heavy atom. The molecule has 5 nitrogen and oxygen atoms in total. The summed E-state index contributed by atoms with van der Waals surface area (Å²) in [6.45, 7) is 0.408. The summed E-state index contributed by atoms with van der Waals surface area (Å²) >= 11 is 0. The number of benzene rings is 1. The van der Waals surface area contributed by atoms with E-state index in [1.165, 1.54) is 0 Å². The molecule has 18 heavy (non-hydrogen) atoms. The van der Waals surface area contributed by atoms with Crippen molar-refractivity contribution >= 4 is 11.8 Å². The van der Waals surface area contributed by atoms with E-state index in [9.17, 15) is 9.59 Å². The van der Waals surface area contributed by atoms with E-state index in [-0.39, 0.29) is 18.4 Å². The number of rotatable bonds is 5. The van der Waals surface area contributed by atoms with Gasteiger partial charge in [0, 0.05) is 18.2 Å². The molecule has 4 N–H and O–H groups in total. The Bertz CT molecular complexity index is 455. The maximum atomic E-state index is 11.8. The van der Waals surface area contributed by atoms with Gasteiger partial charge in [-0.25, -0.2) is 0 Å². The SMILES string of the molecule is NCc1cccc(C(=O)NCC(=O)NC2CC2)c1. The normalized spacial score (nSPS) is 14.1. The molecule has 0 radical (unpaired) electrons. The van der Waals surface area contributed by atoms with Crippen molar-refractivity contribution in [1.29, 1.82) is 0 Å². The fraction of sp³-hybridized carbons (Fsp3) is 0.385. The van der Waals surface area contributed by atoms with Gasteiger partial charge in [0.15, 0.2) is 0 Å². The minimum absolute atomic E-state index is 0.0161. The van der Waals surface area contributed by atoms with Crippen LogP contribution in [0.3, 0.4) is 0 Å². The van der Waals surface area contributed by atoms with Gasteiger partial charge in [0.25, 0.3) is 5.91 Å². The second-order valence-electron chi connectivity index (χ2n) is 4.43. The number of carbonyl (C=O) groups is 2. The molecule has 1 saturated carbocycles.